The van der Waals surface area contributed by atoms with E-state index in [1.807, 2.05) is 13.0 Å². The van der Waals surface area contributed by atoms with Gasteiger partial charge in [-0.05, 0) is 25.3 Å². The summed E-state index contributed by atoms with van der Waals surface area (Å²) in [5.41, 5.74) is 1.70. The van der Waals surface area contributed by atoms with Crippen molar-refractivity contribution in [2.75, 3.05) is 5.32 Å². The number of nitrogens with one attached hydrogen (secondary N) is 1. The molecule has 0 bridgehead atoms. The third kappa shape index (κ3) is 2.92. The highest BCUT2D eigenvalue weighted by molar-refractivity contribution is 7.90. The summed E-state index contributed by atoms with van der Waals surface area (Å²) < 4.78 is 0. The van der Waals surface area contributed by atoms with Gasteiger partial charge in [0, 0.05) is 22.9 Å². The molecule has 0 spiro atoms. The van der Waals surface area contributed by atoms with E-state index in [2.05, 4.69) is 34.6 Å². The Morgan fingerprint density at radius 1 is 1.73 bits per heavy atom. The van der Waals surface area contributed by atoms with E-state index < -0.39 is 0 Å². The molecule has 0 radical (unpaired) electrons. The number of pyridine rings is 1. The summed E-state index contributed by atoms with van der Waals surface area (Å²) in [6, 6.07) is 1.86. The average molecular weight is 221 g/mol. The molecule has 0 saturated carbocycles. The maximum Gasteiger partial charge on any atom is 0.212 e. The van der Waals surface area contributed by atoms with E-state index in [1.165, 1.54) is 6.20 Å². The summed E-state index contributed by atoms with van der Waals surface area (Å²) in [7, 11) is 0. The van der Waals surface area contributed by atoms with Crippen LogP contribution in [-0.2, 0) is 4.79 Å². The third-order valence-electron chi connectivity index (χ3n) is 1.78. The molecule has 0 saturated heterocycles. The van der Waals surface area contributed by atoms with Gasteiger partial charge in [0.15, 0.2) is 0 Å². The molecule has 1 N–H and O–H groups in total. The van der Waals surface area contributed by atoms with Crippen LogP contribution in [-0.4, -0.2) is 18.1 Å². The molecule has 0 aliphatic rings. The average Bonchev–Trinajstić information content (AvgIpc) is 2.21. The number of aliphatic imine (C=N–C) groups is 1. The molecule has 15 heavy (non-hydrogen) atoms. The Morgan fingerprint density at radius 3 is 3.00 bits per heavy atom. The lowest BCUT2D eigenvalue weighted by molar-refractivity contribution is -0.105. The maximum absolute atomic E-state index is 10.2. The molecule has 0 fully saturated rings. The molecule has 1 amide bonds. The number of hydrogen-bond acceptors (Lipinski definition) is 4. The summed E-state index contributed by atoms with van der Waals surface area (Å²) in [6.07, 6.45) is 3.74. The number of rotatable bonds is 4. The van der Waals surface area contributed by atoms with Gasteiger partial charge in [0.25, 0.3) is 0 Å². The minimum absolute atomic E-state index is 0.543. The topological polar surface area (TPSA) is 54.4 Å². The molecule has 1 rings (SSSR count). The largest absolute Gasteiger partial charge is 0.313 e. The Bertz CT molecular complexity index is 415. The Kier molecular flexibility index (Phi) is 4.05. The fourth-order valence-corrected chi connectivity index (χ4v) is 1.29. The number of carbonyl (C=O) groups is 1. The maximum atomic E-state index is 10.2. The number of nitrogens with zero attached hydrogens (tertiary/aromatic N) is 2. The predicted octanol–water partition coefficient (Wildman–Crippen LogP) is 1.89. The van der Waals surface area contributed by atoms with E-state index in [-0.39, 0.29) is 0 Å². The molecule has 1 aromatic rings. The van der Waals surface area contributed by atoms with Gasteiger partial charge in [-0.3, -0.25) is 9.79 Å². The number of thiol groups is 1. The number of hydrogen-bond donors (Lipinski definition) is 2. The summed E-state index contributed by atoms with van der Waals surface area (Å²) >= 11 is 4.23. The van der Waals surface area contributed by atoms with Crippen molar-refractivity contribution < 1.29 is 4.79 Å². The van der Waals surface area contributed by atoms with Crippen LogP contribution in [0.15, 0.2) is 23.5 Å². The van der Waals surface area contributed by atoms with Gasteiger partial charge in [0.1, 0.15) is 5.82 Å². The standard InChI is InChI=1S/C10H11N3OS/c1-7-3-8(9(15)5-11-2)4-12-10(7)13-6-14/h3-6,15H,2H2,1H3,(H,12,13,14)/b9-5-. The Labute approximate surface area is 93.5 Å². The zero-order valence-electron chi connectivity index (χ0n) is 8.27. The van der Waals surface area contributed by atoms with Gasteiger partial charge >= 0.3 is 0 Å². The van der Waals surface area contributed by atoms with E-state index in [1.54, 1.807) is 6.20 Å². The quantitative estimate of drug-likeness (QED) is 0.463. The SMILES string of the molecule is C=N/C=C(\S)c1cnc(NC=O)c(C)c1. The normalized spacial score (nSPS) is 10.9. The van der Waals surface area contributed by atoms with Crippen molar-refractivity contribution >= 4 is 36.5 Å². The molecule has 0 aliphatic carbocycles. The van der Waals surface area contributed by atoms with Crippen LogP contribution < -0.4 is 5.32 Å². The number of anilines is 1. The van der Waals surface area contributed by atoms with Gasteiger partial charge in [0.05, 0.1) is 0 Å². The van der Waals surface area contributed by atoms with Gasteiger partial charge in [0.2, 0.25) is 6.41 Å². The molecule has 1 heterocycles. The smallest absolute Gasteiger partial charge is 0.212 e. The first-order valence-corrected chi connectivity index (χ1v) is 4.66. The number of aryl methyl sites for hydroxylation is 1. The van der Waals surface area contributed by atoms with Gasteiger partial charge < -0.3 is 5.32 Å². The minimum Gasteiger partial charge on any atom is -0.313 e. The Balaban J connectivity index is 3.05. The molecule has 78 valence electrons. The fourth-order valence-electron chi connectivity index (χ4n) is 1.08. The molecule has 4 nitrogen and oxygen atoms in total. The van der Waals surface area contributed by atoms with Crippen molar-refractivity contribution in [3.63, 3.8) is 0 Å². The lowest BCUT2D eigenvalue weighted by Crippen LogP contribution is -1.99. The highest BCUT2D eigenvalue weighted by atomic mass is 32.1. The van der Waals surface area contributed by atoms with Crippen molar-refractivity contribution in [3.05, 3.63) is 29.6 Å². The first-order valence-electron chi connectivity index (χ1n) is 4.21. The van der Waals surface area contributed by atoms with Crippen LogP contribution in [0.5, 0.6) is 0 Å². The summed E-state index contributed by atoms with van der Waals surface area (Å²) in [4.78, 5) is 18.6. The monoisotopic (exact) mass is 221 g/mol. The van der Waals surface area contributed by atoms with Crippen molar-refractivity contribution in [1.82, 2.24) is 4.98 Å². The lowest BCUT2D eigenvalue weighted by atomic mass is 10.2. The molecule has 5 heteroatoms. The van der Waals surface area contributed by atoms with Crippen molar-refractivity contribution in [3.8, 4) is 0 Å². The lowest BCUT2D eigenvalue weighted by Gasteiger charge is -2.05. The van der Waals surface area contributed by atoms with Crippen LogP contribution in [0.3, 0.4) is 0 Å². The van der Waals surface area contributed by atoms with Crippen LogP contribution in [0.2, 0.25) is 0 Å². The van der Waals surface area contributed by atoms with Crippen molar-refractivity contribution in [2.24, 2.45) is 4.99 Å². The van der Waals surface area contributed by atoms with Crippen LogP contribution >= 0.6 is 12.6 Å². The second kappa shape index (κ2) is 5.31. The van der Waals surface area contributed by atoms with Crippen LogP contribution in [0.4, 0.5) is 5.82 Å². The zero-order valence-corrected chi connectivity index (χ0v) is 9.16. The van der Waals surface area contributed by atoms with Gasteiger partial charge in [-0.15, -0.1) is 12.6 Å². The highest BCUT2D eigenvalue weighted by Gasteiger charge is 2.02. The third-order valence-corrected chi connectivity index (χ3v) is 2.16. The number of aromatic nitrogens is 1. The summed E-state index contributed by atoms with van der Waals surface area (Å²) in [5.74, 6) is 0.543. The second-order valence-corrected chi connectivity index (χ2v) is 3.33. The highest BCUT2D eigenvalue weighted by Crippen LogP contribution is 2.21. The summed E-state index contributed by atoms with van der Waals surface area (Å²) in [5, 5.41) is 2.50. The van der Waals surface area contributed by atoms with Gasteiger partial charge in [-0.25, -0.2) is 4.98 Å². The fraction of sp³-hybridized carbons (Fsp3) is 0.100. The predicted molar refractivity (Wildman–Crippen MR) is 65.2 cm³/mol. The molecule has 0 aromatic carbocycles. The molecular weight excluding hydrogens is 210 g/mol. The molecule has 0 atom stereocenters. The molecule has 0 unspecified atom stereocenters. The van der Waals surface area contributed by atoms with E-state index >= 15 is 0 Å². The number of carbonyl (C=O) groups excluding carboxylic acids is 1. The number of amides is 1. The summed E-state index contributed by atoms with van der Waals surface area (Å²) in [6.45, 7) is 5.19. The van der Waals surface area contributed by atoms with E-state index in [0.717, 1.165) is 11.1 Å². The molecule has 1 aromatic heterocycles. The van der Waals surface area contributed by atoms with Crippen molar-refractivity contribution in [1.29, 1.82) is 0 Å². The molecule has 0 aliphatic heterocycles. The Morgan fingerprint density at radius 2 is 2.47 bits per heavy atom. The second-order valence-electron chi connectivity index (χ2n) is 2.85. The van der Waals surface area contributed by atoms with Crippen LogP contribution in [0.25, 0.3) is 4.91 Å². The molecular formula is C10H11N3OS. The Hall–Kier alpha value is -1.62. The van der Waals surface area contributed by atoms with Crippen molar-refractivity contribution in [2.45, 2.75) is 6.92 Å². The van der Waals surface area contributed by atoms with Crippen LogP contribution in [0, 0.1) is 6.92 Å². The van der Waals surface area contributed by atoms with E-state index in [4.69, 9.17) is 0 Å². The van der Waals surface area contributed by atoms with E-state index in [9.17, 15) is 4.79 Å². The van der Waals surface area contributed by atoms with Gasteiger partial charge in [-0.2, -0.15) is 0 Å². The first-order chi connectivity index (χ1) is 7.19. The first kappa shape index (κ1) is 11.5. The van der Waals surface area contributed by atoms with Gasteiger partial charge in [-0.1, -0.05) is 0 Å². The zero-order chi connectivity index (χ0) is 11.3. The van der Waals surface area contributed by atoms with E-state index in [0.29, 0.717) is 17.1 Å². The minimum atomic E-state index is 0.543. The van der Waals surface area contributed by atoms with Crippen LogP contribution in [0.1, 0.15) is 11.1 Å².